The van der Waals surface area contributed by atoms with Crippen LogP contribution in [0.15, 0.2) is 132 Å². The summed E-state index contributed by atoms with van der Waals surface area (Å²) in [6.07, 6.45) is -5.36. The van der Waals surface area contributed by atoms with E-state index in [0.29, 0.717) is 0 Å². The predicted molar refractivity (Wildman–Crippen MR) is 235 cm³/mol. The van der Waals surface area contributed by atoms with Gasteiger partial charge in [-0.15, -0.1) is 0 Å². The van der Waals surface area contributed by atoms with Crippen LogP contribution >= 0.6 is 11.8 Å². The van der Waals surface area contributed by atoms with E-state index < -0.39 is 42.0 Å². The molecule has 0 aromatic heterocycles. The summed E-state index contributed by atoms with van der Waals surface area (Å²) in [5.41, 5.74) is 7.44. The SMILES string of the molecule is CC(=O)CCC(=O)O[C@H]1[C@H](OC(=O)OCC2c3ccccc3-c3ccccc32)[C@@H](OCc2ccccc2)[C@H](Sc2cc(C(C)(C)C)ccc2C)O[C@@H]1COCc1ccccc1. The van der Waals surface area contributed by atoms with Crippen LogP contribution in [0.1, 0.15) is 79.8 Å². The molecule has 2 aliphatic rings. The van der Waals surface area contributed by atoms with Gasteiger partial charge in [-0.3, -0.25) is 4.79 Å². The third-order valence-electron chi connectivity index (χ3n) is 11.1. The Kier molecular flexibility index (Phi) is 14.4. The molecular formula is C51H54O9S. The largest absolute Gasteiger partial charge is 0.508 e. The second-order valence-corrected chi connectivity index (χ2v) is 17.8. The Morgan fingerprint density at radius 3 is 1.90 bits per heavy atom. The van der Waals surface area contributed by atoms with Gasteiger partial charge >= 0.3 is 12.1 Å². The summed E-state index contributed by atoms with van der Waals surface area (Å²) >= 11 is 1.46. The normalized spacial score (nSPS) is 19.7. The Labute approximate surface area is 363 Å². The monoisotopic (exact) mass is 842 g/mol. The van der Waals surface area contributed by atoms with Gasteiger partial charge in [-0.05, 0) is 69.8 Å². The lowest BCUT2D eigenvalue weighted by atomic mass is 9.87. The maximum Gasteiger partial charge on any atom is 0.508 e. The smallest absolute Gasteiger partial charge is 0.455 e. The van der Waals surface area contributed by atoms with Gasteiger partial charge in [0.15, 0.2) is 12.2 Å². The highest BCUT2D eigenvalue weighted by Crippen LogP contribution is 2.45. The summed E-state index contributed by atoms with van der Waals surface area (Å²) in [6, 6.07) is 42.0. The van der Waals surface area contributed by atoms with E-state index in [1.54, 1.807) is 0 Å². The highest BCUT2D eigenvalue weighted by molar-refractivity contribution is 7.99. The standard InChI is InChI=1S/C51H54O9S/c1-33-24-26-37(51(3,4)5)28-44(33)61-49-48(56-30-36-18-10-7-11-19-36)47(60-50(54)57-31-42-40-22-14-12-20-38(40)39-21-13-15-23-41(39)42)46(59-45(53)27-25-34(2)52)43(58-49)32-55-29-35-16-8-6-9-17-35/h6-24,26,28,42-43,46-49H,25,27,29-32H2,1-5H3/t43-,46-,47+,48-,49+/m1/s1. The zero-order valence-electron chi connectivity index (χ0n) is 35.4. The van der Waals surface area contributed by atoms with Crippen molar-refractivity contribution >= 4 is 29.7 Å². The molecule has 0 bridgehead atoms. The van der Waals surface area contributed by atoms with Gasteiger partial charge in [-0.25, -0.2) is 4.79 Å². The van der Waals surface area contributed by atoms with Crippen LogP contribution in [-0.2, 0) is 56.6 Å². The van der Waals surface area contributed by atoms with Crippen LogP contribution in [0.4, 0.5) is 4.79 Å². The molecule has 61 heavy (non-hydrogen) atoms. The molecule has 10 heteroatoms. The van der Waals surface area contributed by atoms with Crippen LogP contribution in [0.2, 0.25) is 0 Å². The number of rotatable bonds is 16. The van der Waals surface area contributed by atoms with E-state index in [-0.39, 0.29) is 56.4 Å². The molecule has 7 rings (SSSR count). The minimum Gasteiger partial charge on any atom is -0.455 e. The zero-order chi connectivity index (χ0) is 42.9. The number of benzene rings is 5. The van der Waals surface area contributed by atoms with Crippen molar-refractivity contribution in [2.75, 3.05) is 13.2 Å². The molecule has 0 unspecified atom stereocenters. The first-order valence-electron chi connectivity index (χ1n) is 20.9. The first-order chi connectivity index (χ1) is 29.4. The van der Waals surface area contributed by atoms with E-state index in [2.05, 4.69) is 63.2 Å². The molecule has 1 saturated heterocycles. The van der Waals surface area contributed by atoms with Gasteiger partial charge in [0.2, 0.25) is 0 Å². The first kappa shape index (κ1) is 43.8. The molecule has 5 atom stereocenters. The Morgan fingerprint density at radius 2 is 1.28 bits per heavy atom. The van der Waals surface area contributed by atoms with Gasteiger partial charge in [0, 0.05) is 17.2 Å². The number of ether oxygens (including phenoxy) is 6. The second kappa shape index (κ2) is 20.1. The summed E-state index contributed by atoms with van der Waals surface area (Å²) < 4.78 is 38.5. The third-order valence-corrected chi connectivity index (χ3v) is 12.4. The highest BCUT2D eigenvalue weighted by atomic mass is 32.2. The first-order valence-corrected chi connectivity index (χ1v) is 21.7. The number of aryl methyl sites for hydroxylation is 1. The van der Waals surface area contributed by atoms with Crippen molar-refractivity contribution in [3.05, 3.63) is 161 Å². The molecule has 0 saturated carbocycles. The molecule has 1 aliphatic heterocycles. The van der Waals surface area contributed by atoms with Gasteiger partial charge in [0.05, 0.1) is 26.2 Å². The topological polar surface area (TPSA) is 107 Å². The van der Waals surface area contributed by atoms with Crippen molar-refractivity contribution in [2.45, 2.75) is 107 Å². The van der Waals surface area contributed by atoms with E-state index in [4.69, 9.17) is 28.4 Å². The van der Waals surface area contributed by atoms with Crippen molar-refractivity contribution in [2.24, 2.45) is 0 Å². The van der Waals surface area contributed by atoms with Crippen LogP contribution in [-0.4, -0.2) is 61.0 Å². The van der Waals surface area contributed by atoms with Crippen LogP contribution in [0.5, 0.6) is 0 Å². The van der Waals surface area contributed by atoms with Gasteiger partial charge < -0.3 is 33.2 Å². The van der Waals surface area contributed by atoms with E-state index in [9.17, 15) is 14.4 Å². The van der Waals surface area contributed by atoms with Crippen LogP contribution in [0.3, 0.4) is 0 Å². The molecule has 5 aromatic rings. The molecule has 318 valence electrons. The molecule has 1 heterocycles. The molecule has 0 spiro atoms. The Morgan fingerprint density at radius 1 is 0.672 bits per heavy atom. The summed E-state index contributed by atoms with van der Waals surface area (Å²) in [7, 11) is 0. The lowest BCUT2D eigenvalue weighted by Crippen LogP contribution is -2.61. The average Bonchev–Trinajstić information content (AvgIpc) is 3.57. The zero-order valence-corrected chi connectivity index (χ0v) is 36.2. The lowest BCUT2D eigenvalue weighted by Gasteiger charge is -2.45. The number of ketones is 1. The fourth-order valence-corrected chi connectivity index (χ4v) is 9.00. The van der Waals surface area contributed by atoms with Crippen LogP contribution < -0.4 is 0 Å². The lowest BCUT2D eigenvalue weighted by molar-refractivity contribution is -0.238. The molecule has 0 N–H and O–H groups in total. The van der Waals surface area contributed by atoms with Crippen molar-refractivity contribution in [1.29, 1.82) is 0 Å². The fraction of sp³-hybridized carbons (Fsp3) is 0.353. The summed E-state index contributed by atoms with van der Waals surface area (Å²) in [4.78, 5) is 40.7. The Balaban J connectivity index is 1.23. The van der Waals surface area contributed by atoms with Crippen molar-refractivity contribution in [3.63, 3.8) is 0 Å². The van der Waals surface area contributed by atoms with Crippen LogP contribution in [0.25, 0.3) is 11.1 Å². The number of esters is 1. The summed E-state index contributed by atoms with van der Waals surface area (Å²) in [6.45, 7) is 10.4. The third kappa shape index (κ3) is 11.2. The number of hydrogen-bond donors (Lipinski definition) is 0. The number of carbonyl (C=O) groups is 3. The van der Waals surface area contributed by atoms with Gasteiger partial charge in [0.1, 0.15) is 30.0 Å². The highest BCUT2D eigenvalue weighted by Gasteiger charge is 2.52. The quantitative estimate of drug-likeness (QED) is 0.0891. The average molecular weight is 843 g/mol. The van der Waals surface area contributed by atoms with Crippen molar-refractivity contribution < 1.29 is 42.8 Å². The summed E-state index contributed by atoms with van der Waals surface area (Å²) in [5.74, 6) is -1.00. The maximum absolute atomic E-state index is 14.2. The number of Topliss-reactive ketones (excluding diaryl/α,β-unsaturated/α-hetero) is 1. The van der Waals surface area contributed by atoms with Gasteiger partial charge in [-0.1, -0.05) is 154 Å². The number of hydrogen-bond acceptors (Lipinski definition) is 10. The Hall–Kier alpha value is -5.26. The van der Waals surface area contributed by atoms with E-state index in [1.165, 1.54) is 18.7 Å². The van der Waals surface area contributed by atoms with Crippen LogP contribution in [0, 0.1) is 6.92 Å². The van der Waals surface area contributed by atoms with Gasteiger partial charge in [0.25, 0.3) is 0 Å². The van der Waals surface area contributed by atoms with Crippen molar-refractivity contribution in [3.8, 4) is 11.1 Å². The molecule has 9 nitrogen and oxygen atoms in total. The Bertz CT molecular complexity index is 2230. The van der Waals surface area contributed by atoms with E-state index in [0.717, 1.165) is 49.4 Å². The minimum atomic E-state index is -1.21. The fourth-order valence-electron chi connectivity index (χ4n) is 7.74. The number of fused-ring (bicyclic) bond motifs is 3. The van der Waals surface area contributed by atoms with E-state index >= 15 is 0 Å². The number of carbonyl (C=O) groups excluding carboxylic acids is 3. The molecule has 1 fully saturated rings. The summed E-state index contributed by atoms with van der Waals surface area (Å²) in [5, 5.41) is 0. The van der Waals surface area contributed by atoms with Gasteiger partial charge in [-0.2, -0.15) is 0 Å². The molecule has 0 amide bonds. The molecule has 5 aromatic carbocycles. The molecule has 0 radical (unpaired) electrons. The maximum atomic E-state index is 14.2. The molecule has 1 aliphatic carbocycles. The second-order valence-electron chi connectivity index (χ2n) is 16.7. The van der Waals surface area contributed by atoms with Crippen molar-refractivity contribution in [1.82, 2.24) is 0 Å². The molecular weight excluding hydrogens is 789 g/mol. The predicted octanol–water partition coefficient (Wildman–Crippen LogP) is 10.5. The number of thioether (sulfide) groups is 1. The minimum absolute atomic E-state index is 0.00467. The van der Waals surface area contributed by atoms with E-state index in [1.807, 2.05) is 91.9 Å².